The molecule has 1 heterocycles. The molecule has 0 unspecified atom stereocenters. The van der Waals surface area contributed by atoms with Gasteiger partial charge in [-0.05, 0) is 35.0 Å². The fourth-order valence-corrected chi connectivity index (χ4v) is 1.77. The summed E-state index contributed by atoms with van der Waals surface area (Å²) in [6.45, 7) is 0. The smallest absolute Gasteiger partial charge is 0.0708 e. The molecule has 0 saturated carbocycles. The fourth-order valence-electron chi connectivity index (χ4n) is 1.77. The minimum Gasteiger partial charge on any atom is -0.256 e. The lowest BCUT2D eigenvalue weighted by Crippen LogP contribution is -1.79. The average Bonchev–Trinajstić information content (AvgIpc) is 2.29. The Morgan fingerprint density at radius 1 is 1.00 bits per heavy atom. The van der Waals surface area contributed by atoms with Gasteiger partial charge in [-0.3, -0.25) is 4.98 Å². The van der Waals surface area contributed by atoms with Gasteiger partial charge < -0.3 is 0 Å². The number of rotatable bonds is 0. The third-order valence-electron chi connectivity index (χ3n) is 2.45. The zero-order valence-corrected chi connectivity index (χ0v) is 7.57. The van der Waals surface area contributed by atoms with Crippen LogP contribution in [0.2, 0.25) is 0 Å². The van der Waals surface area contributed by atoms with Crippen LogP contribution in [0.1, 0.15) is 0 Å². The zero-order valence-electron chi connectivity index (χ0n) is 7.57. The first-order valence-corrected chi connectivity index (χ1v) is 4.59. The molecule has 3 aromatic rings. The maximum Gasteiger partial charge on any atom is 0.0708 e. The maximum absolute atomic E-state index is 4.32. The van der Waals surface area contributed by atoms with Crippen LogP contribution in [0.3, 0.4) is 0 Å². The van der Waals surface area contributed by atoms with Crippen molar-refractivity contribution in [2.45, 2.75) is 0 Å². The van der Waals surface area contributed by atoms with E-state index in [4.69, 9.17) is 0 Å². The van der Waals surface area contributed by atoms with E-state index in [9.17, 15) is 0 Å². The summed E-state index contributed by atoms with van der Waals surface area (Å²) >= 11 is 0. The van der Waals surface area contributed by atoms with Crippen molar-refractivity contribution in [3.63, 3.8) is 0 Å². The van der Waals surface area contributed by atoms with Gasteiger partial charge in [-0.15, -0.1) is 0 Å². The number of hydrogen-bond acceptors (Lipinski definition) is 1. The monoisotopic (exact) mass is 178 g/mol. The number of pyridine rings is 1. The summed E-state index contributed by atoms with van der Waals surface area (Å²) in [7, 11) is 0. The first kappa shape index (κ1) is 7.51. The van der Waals surface area contributed by atoms with Gasteiger partial charge >= 0.3 is 0 Å². The molecule has 1 heteroatoms. The molecule has 1 radical (unpaired) electrons. The predicted octanol–water partition coefficient (Wildman–Crippen LogP) is 3.19. The molecule has 0 bridgehead atoms. The van der Waals surface area contributed by atoms with Gasteiger partial charge in [0.25, 0.3) is 0 Å². The second-order valence-electron chi connectivity index (χ2n) is 3.28. The van der Waals surface area contributed by atoms with Gasteiger partial charge in [-0.2, -0.15) is 0 Å². The van der Waals surface area contributed by atoms with Gasteiger partial charge in [-0.25, -0.2) is 0 Å². The second kappa shape index (κ2) is 2.81. The molecule has 0 aliphatic heterocycles. The van der Waals surface area contributed by atoms with Crippen LogP contribution in [0, 0.1) is 6.07 Å². The highest BCUT2D eigenvalue weighted by molar-refractivity contribution is 6.05. The van der Waals surface area contributed by atoms with Crippen LogP contribution in [0.5, 0.6) is 0 Å². The van der Waals surface area contributed by atoms with E-state index in [1.807, 2.05) is 30.5 Å². The number of hydrogen-bond donors (Lipinski definition) is 0. The Balaban J connectivity index is 2.61. The molecule has 0 saturated heterocycles. The van der Waals surface area contributed by atoms with Crippen LogP contribution in [0.4, 0.5) is 0 Å². The molecule has 0 spiro atoms. The largest absolute Gasteiger partial charge is 0.256 e. The molecule has 14 heavy (non-hydrogen) atoms. The van der Waals surface area contributed by atoms with Crippen LogP contribution in [0.15, 0.2) is 48.7 Å². The normalized spacial score (nSPS) is 10.9. The van der Waals surface area contributed by atoms with Gasteiger partial charge in [0.05, 0.1) is 5.52 Å². The number of benzene rings is 2. The van der Waals surface area contributed by atoms with E-state index in [0.29, 0.717) is 0 Å². The molecule has 1 nitrogen and oxygen atoms in total. The van der Waals surface area contributed by atoms with Gasteiger partial charge in [0, 0.05) is 11.6 Å². The second-order valence-corrected chi connectivity index (χ2v) is 3.28. The lowest BCUT2D eigenvalue weighted by atomic mass is 10.1. The summed E-state index contributed by atoms with van der Waals surface area (Å²) in [6.07, 6.45) is 1.82. The highest BCUT2D eigenvalue weighted by atomic mass is 14.6. The molecule has 1 aromatic heterocycles. The highest BCUT2D eigenvalue weighted by Gasteiger charge is 1.98. The average molecular weight is 178 g/mol. The summed E-state index contributed by atoms with van der Waals surface area (Å²) in [4.78, 5) is 4.32. The van der Waals surface area contributed by atoms with Crippen molar-refractivity contribution in [1.82, 2.24) is 4.98 Å². The van der Waals surface area contributed by atoms with Crippen LogP contribution in [-0.4, -0.2) is 4.98 Å². The first-order valence-electron chi connectivity index (χ1n) is 4.59. The first-order chi connectivity index (χ1) is 6.95. The Hall–Kier alpha value is -1.89. The Bertz CT molecular complexity index is 544. The van der Waals surface area contributed by atoms with Crippen molar-refractivity contribution in [2.75, 3.05) is 0 Å². The van der Waals surface area contributed by atoms with Crippen LogP contribution < -0.4 is 0 Å². The summed E-state index contributed by atoms with van der Waals surface area (Å²) in [5, 5.41) is 3.67. The lowest BCUT2D eigenvalue weighted by Gasteiger charge is -2.01. The van der Waals surface area contributed by atoms with E-state index in [0.717, 1.165) is 5.52 Å². The van der Waals surface area contributed by atoms with Gasteiger partial charge in [0.1, 0.15) is 0 Å². The predicted molar refractivity (Wildman–Crippen MR) is 58.1 cm³/mol. The molecule has 0 N–H and O–H groups in total. The van der Waals surface area contributed by atoms with E-state index in [1.54, 1.807) is 0 Å². The van der Waals surface area contributed by atoms with Crippen molar-refractivity contribution in [3.8, 4) is 0 Å². The summed E-state index contributed by atoms with van der Waals surface area (Å²) in [5.41, 5.74) is 1.05. The maximum atomic E-state index is 4.32. The number of fused-ring (bicyclic) bond motifs is 3. The summed E-state index contributed by atoms with van der Waals surface area (Å²) < 4.78 is 0. The van der Waals surface area contributed by atoms with Crippen molar-refractivity contribution in [3.05, 3.63) is 54.7 Å². The van der Waals surface area contributed by atoms with E-state index in [-0.39, 0.29) is 0 Å². The van der Waals surface area contributed by atoms with Gasteiger partial charge in [-0.1, -0.05) is 24.3 Å². The SMILES string of the molecule is [c]1ccc2c(c1)ccc1ncccc12. The zero-order chi connectivity index (χ0) is 9.38. The number of aromatic nitrogens is 1. The van der Waals surface area contributed by atoms with Crippen LogP contribution in [0.25, 0.3) is 21.7 Å². The molecule has 0 amide bonds. The summed E-state index contributed by atoms with van der Waals surface area (Å²) in [6, 6.07) is 17.3. The van der Waals surface area contributed by atoms with Crippen molar-refractivity contribution in [2.24, 2.45) is 0 Å². The van der Waals surface area contributed by atoms with E-state index >= 15 is 0 Å². The van der Waals surface area contributed by atoms with E-state index in [2.05, 4.69) is 29.2 Å². The van der Waals surface area contributed by atoms with Gasteiger partial charge in [0.15, 0.2) is 0 Å². The Labute approximate surface area is 82.0 Å². The molecule has 65 valence electrons. The molecule has 0 aliphatic carbocycles. The van der Waals surface area contributed by atoms with E-state index < -0.39 is 0 Å². The standard InChI is InChI=1S/C13H8N/c1-2-5-11-10(4-1)7-8-13-12(11)6-3-9-14-13/h2-9H. The molecule has 0 atom stereocenters. The molecular weight excluding hydrogens is 170 g/mol. The van der Waals surface area contributed by atoms with Gasteiger partial charge in [0.2, 0.25) is 0 Å². The van der Waals surface area contributed by atoms with Crippen molar-refractivity contribution in [1.29, 1.82) is 0 Å². The van der Waals surface area contributed by atoms with Crippen LogP contribution >= 0.6 is 0 Å². The third-order valence-corrected chi connectivity index (χ3v) is 2.45. The lowest BCUT2D eigenvalue weighted by molar-refractivity contribution is 1.42. The summed E-state index contributed by atoms with van der Waals surface area (Å²) in [5.74, 6) is 0. The molecule has 3 rings (SSSR count). The van der Waals surface area contributed by atoms with E-state index in [1.165, 1.54) is 16.2 Å². The minimum absolute atomic E-state index is 1.05. The topological polar surface area (TPSA) is 12.9 Å². The quantitative estimate of drug-likeness (QED) is 0.482. The molecule has 0 aliphatic rings. The Morgan fingerprint density at radius 3 is 3.00 bits per heavy atom. The van der Waals surface area contributed by atoms with Crippen LogP contribution in [-0.2, 0) is 0 Å². The Morgan fingerprint density at radius 2 is 2.00 bits per heavy atom. The highest BCUT2D eigenvalue weighted by Crippen LogP contribution is 2.22. The Kier molecular flexibility index (Phi) is 1.51. The van der Waals surface area contributed by atoms with Crippen molar-refractivity contribution >= 4 is 21.7 Å². The number of nitrogens with zero attached hydrogens (tertiary/aromatic N) is 1. The van der Waals surface area contributed by atoms with Crippen molar-refractivity contribution < 1.29 is 0 Å². The third kappa shape index (κ3) is 0.990. The minimum atomic E-state index is 1.05. The fraction of sp³-hybridized carbons (Fsp3) is 0. The molecule has 0 fully saturated rings. The molecular formula is C13H8N. The molecule has 2 aromatic carbocycles.